The summed E-state index contributed by atoms with van der Waals surface area (Å²) >= 11 is 0. The van der Waals surface area contributed by atoms with E-state index in [-0.39, 0.29) is 11.4 Å². The highest BCUT2D eigenvalue weighted by atomic mass is 16.5. The lowest BCUT2D eigenvalue weighted by Gasteiger charge is -2.40. The monoisotopic (exact) mass is 337 g/mol. The number of phenolic OH excluding ortho intramolecular Hbond substituents is 1. The molecule has 25 heavy (non-hydrogen) atoms. The molecule has 0 radical (unpaired) electrons. The van der Waals surface area contributed by atoms with Gasteiger partial charge in [0.05, 0.1) is 11.7 Å². The van der Waals surface area contributed by atoms with E-state index in [9.17, 15) is 5.11 Å². The summed E-state index contributed by atoms with van der Waals surface area (Å²) in [5, 5.41) is 13.8. The maximum atomic E-state index is 10.4. The second kappa shape index (κ2) is 6.19. The van der Waals surface area contributed by atoms with Crippen LogP contribution in [0.2, 0.25) is 0 Å². The molecule has 2 aliphatic heterocycles. The highest BCUT2D eigenvalue weighted by molar-refractivity contribution is 5.87. The van der Waals surface area contributed by atoms with Gasteiger partial charge in [-0.2, -0.15) is 0 Å². The van der Waals surface area contributed by atoms with Gasteiger partial charge < -0.3 is 26.6 Å². The molecule has 0 aliphatic carbocycles. The molecule has 0 aromatic heterocycles. The molecule has 6 N–H and O–H groups in total. The summed E-state index contributed by atoms with van der Waals surface area (Å²) in [6.45, 7) is 1.83. The van der Waals surface area contributed by atoms with E-state index in [2.05, 4.69) is 11.4 Å². The number of aromatic hydroxyl groups is 1. The molecule has 1 spiro atoms. The van der Waals surface area contributed by atoms with Gasteiger partial charge in [0.25, 0.3) is 0 Å². The zero-order valence-electron chi connectivity index (χ0n) is 14.0. The molecule has 5 nitrogen and oxygen atoms in total. The molecular weight excluding hydrogens is 314 g/mol. The van der Waals surface area contributed by atoms with Crippen LogP contribution in [-0.4, -0.2) is 23.8 Å². The van der Waals surface area contributed by atoms with Crippen molar-refractivity contribution < 1.29 is 9.84 Å². The Morgan fingerprint density at radius 1 is 1.04 bits per heavy atom. The van der Waals surface area contributed by atoms with Gasteiger partial charge in [0.1, 0.15) is 17.1 Å². The fraction of sp³-hybridized carbons (Fsp3) is 0.300. The lowest BCUT2D eigenvalue weighted by molar-refractivity contribution is 0.0813. The Balaban J connectivity index is 1.84. The van der Waals surface area contributed by atoms with Crippen LogP contribution in [-0.2, 0) is 0 Å². The van der Waals surface area contributed by atoms with Crippen LogP contribution in [0.5, 0.6) is 11.5 Å². The molecule has 1 saturated heterocycles. The van der Waals surface area contributed by atoms with E-state index in [1.54, 1.807) is 6.07 Å². The van der Waals surface area contributed by atoms with Crippen LogP contribution in [0.3, 0.4) is 0 Å². The molecule has 1 fully saturated rings. The molecule has 130 valence electrons. The molecule has 2 aromatic carbocycles. The summed E-state index contributed by atoms with van der Waals surface area (Å²) in [5.74, 6) is 0.964. The Morgan fingerprint density at radius 2 is 1.76 bits per heavy atom. The molecule has 0 bridgehead atoms. The van der Waals surface area contributed by atoms with Crippen molar-refractivity contribution >= 4 is 5.57 Å². The highest BCUT2D eigenvalue weighted by Gasteiger charge is 2.37. The van der Waals surface area contributed by atoms with Crippen LogP contribution in [0.1, 0.15) is 35.7 Å². The molecule has 0 atom stereocenters. The van der Waals surface area contributed by atoms with Crippen molar-refractivity contribution in [1.29, 1.82) is 0 Å². The number of nitrogens with two attached hydrogens (primary N) is 2. The normalized spacial score (nSPS) is 18.6. The zero-order chi connectivity index (χ0) is 17.4. The van der Waals surface area contributed by atoms with Crippen molar-refractivity contribution in [3.8, 4) is 11.5 Å². The number of hydrogen-bond donors (Lipinski definition) is 4. The number of rotatable bonds is 2. The molecule has 5 heteroatoms. The van der Waals surface area contributed by atoms with Crippen molar-refractivity contribution in [2.24, 2.45) is 11.5 Å². The highest BCUT2D eigenvalue weighted by Crippen LogP contribution is 2.46. The standard InChI is InChI=1S/C20H23N3O2/c21-19(22)14-6-4-13(5-7-14)15-12-20(8-10-23-11-9-20)25-17-3-1-2-16(24)18(15)17/h1-7,12,19,23-24H,8-11,21-22H2. The van der Waals surface area contributed by atoms with Gasteiger partial charge in [0, 0.05) is 12.8 Å². The van der Waals surface area contributed by atoms with Gasteiger partial charge in [-0.15, -0.1) is 0 Å². The van der Waals surface area contributed by atoms with E-state index in [1.165, 1.54) is 0 Å². The molecule has 2 heterocycles. The fourth-order valence-electron chi connectivity index (χ4n) is 3.67. The van der Waals surface area contributed by atoms with E-state index in [0.29, 0.717) is 0 Å². The van der Waals surface area contributed by atoms with Crippen molar-refractivity contribution in [2.45, 2.75) is 24.6 Å². The van der Waals surface area contributed by atoms with Gasteiger partial charge in [-0.05, 0) is 48.0 Å². The van der Waals surface area contributed by atoms with Crippen LogP contribution >= 0.6 is 0 Å². The van der Waals surface area contributed by atoms with Crippen molar-refractivity contribution in [1.82, 2.24) is 5.32 Å². The average molecular weight is 337 g/mol. The van der Waals surface area contributed by atoms with Gasteiger partial charge >= 0.3 is 0 Å². The minimum Gasteiger partial charge on any atom is -0.507 e. The predicted molar refractivity (Wildman–Crippen MR) is 98.2 cm³/mol. The van der Waals surface area contributed by atoms with E-state index in [1.807, 2.05) is 36.4 Å². The first-order chi connectivity index (χ1) is 12.1. The lowest BCUT2D eigenvalue weighted by Crippen LogP contribution is -2.46. The third-order valence-electron chi connectivity index (χ3n) is 5.05. The van der Waals surface area contributed by atoms with Crippen LogP contribution in [0.15, 0.2) is 48.5 Å². The van der Waals surface area contributed by atoms with E-state index < -0.39 is 6.17 Å². The van der Waals surface area contributed by atoms with Crippen LogP contribution < -0.4 is 21.5 Å². The maximum absolute atomic E-state index is 10.4. The average Bonchev–Trinajstić information content (AvgIpc) is 2.62. The van der Waals surface area contributed by atoms with Gasteiger partial charge in [-0.25, -0.2) is 0 Å². The molecule has 2 aromatic rings. The van der Waals surface area contributed by atoms with E-state index in [0.717, 1.165) is 53.9 Å². The zero-order valence-corrected chi connectivity index (χ0v) is 14.0. The lowest BCUT2D eigenvalue weighted by atomic mass is 9.83. The summed E-state index contributed by atoms with van der Waals surface area (Å²) in [4.78, 5) is 0. The number of ether oxygens (including phenoxy) is 1. The first-order valence-electron chi connectivity index (χ1n) is 8.64. The number of hydrogen-bond acceptors (Lipinski definition) is 5. The molecule has 0 saturated carbocycles. The van der Waals surface area contributed by atoms with Gasteiger partial charge in [0.15, 0.2) is 0 Å². The van der Waals surface area contributed by atoms with Gasteiger partial charge in [-0.1, -0.05) is 30.3 Å². The predicted octanol–water partition coefficient (Wildman–Crippen LogP) is 2.25. The van der Waals surface area contributed by atoms with Crippen LogP contribution in [0, 0.1) is 0 Å². The number of fused-ring (bicyclic) bond motifs is 1. The summed E-state index contributed by atoms with van der Waals surface area (Å²) in [7, 11) is 0. The SMILES string of the molecule is NC(N)c1ccc(C2=CC3(CCNCC3)Oc3cccc(O)c32)cc1. The molecule has 4 rings (SSSR count). The van der Waals surface area contributed by atoms with Crippen LogP contribution in [0.4, 0.5) is 0 Å². The van der Waals surface area contributed by atoms with Crippen molar-refractivity contribution in [3.63, 3.8) is 0 Å². The van der Waals surface area contributed by atoms with Crippen molar-refractivity contribution in [3.05, 3.63) is 65.2 Å². The second-order valence-corrected chi connectivity index (χ2v) is 6.77. The summed E-state index contributed by atoms with van der Waals surface area (Å²) in [6, 6.07) is 13.3. The third-order valence-corrected chi connectivity index (χ3v) is 5.05. The summed E-state index contributed by atoms with van der Waals surface area (Å²) in [6.07, 6.45) is 3.48. The largest absolute Gasteiger partial charge is 0.507 e. The Kier molecular flexibility index (Phi) is 4.00. The maximum Gasteiger partial charge on any atom is 0.132 e. The van der Waals surface area contributed by atoms with Gasteiger partial charge in [-0.3, -0.25) is 0 Å². The number of phenols is 1. The Bertz CT molecular complexity index is 806. The minimum absolute atomic E-state index is 0.229. The fourth-order valence-corrected chi connectivity index (χ4v) is 3.67. The number of nitrogens with one attached hydrogen (secondary N) is 1. The Labute approximate surface area is 147 Å². The Hall–Kier alpha value is -2.34. The Morgan fingerprint density at radius 3 is 2.44 bits per heavy atom. The molecule has 0 amide bonds. The van der Waals surface area contributed by atoms with Crippen LogP contribution in [0.25, 0.3) is 5.57 Å². The molecule has 0 unspecified atom stereocenters. The molecule has 2 aliphatic rings. The minimum atomic E-state index is -0.492. The summed E-state index contributed by atoms with van der Waals surface area (Å²) in [5.41, 5.74) is 14.8. The summed E-state index contributed by atoms with van der Waals surface area (Å²) < 4.78 is 6.34. The van der Waals surface area contributed by atoms with Crippen molar-refractivity contribution in [2.75, 3.05) is 13.1 Å². The third kappa shape index (κ3) is 2.91. The van der Waals surface area contributed by atoms with E-state index >= 15 is 0 Å². The smallest absolute Gasteiger partial charge is 0.132 e. The first kappa shape index (κ1) is 16.1. The van der Waals surface area contributed by atoms with E-state index in [4.69, 9.17) is 16.2 Å². The second-order valence-electron chi connectivity index (χ2n) is 6.77. The number of benzene rings is 2. The number of piperidine rings is 1. The topological polar surface area (TPSA) is 93.5 Å². The van der Waals surface area contributed by atoms with Gasteiger partial charge in [0.2, 0.25) is 0 Å². The molecular formula is C20H23N3O2. The quantitative estimate of drug-likeness (QED) is 0.631. The first-order valence-corrected chi connectivity index (χ1v) is 8.64.